The minimum absolute atomic E-state index is 0.0180. The van der Waals surface area contributed by atoms with Gasteiger partial charge in [-0.05, 0) is 24.5 Å². The van der Waals surface area contributed by atoms with Crippen molar-refractivity contribution in [2.75, 3.05) is 6.61 Å². The number of hydrogen-bond acceptors (Lipinski definition) is 3. The molecule has 1 aromatic rings. The van der Waals surface area contributed by atoms with Crippen LogP contribution < -0.4 is 10.1 Å². The summed E-state index contributed by atoms with van der Waals surface area (Å²) in [5, 5.41) is 13.3. The van der Waals surface area contributed by atoms with E-state index in [9.17, 15) is 9.90 Å². The molecule has 2 rings (SSSR count). The lowest BCUT2D eigenvalue weighted by atomic mass is 9.91. The number of aliphatic hydroxyl groups excluding tert-OH is 1. The van der Waals surface area contributed by atoms with Crippen LogP contribution in [0.5, 0.6) is 5.75 Å². The van der Waals surface area contributed by atoms with Crippen molar-refractivity contribution >= 4 is 5.91 Å². The normalized spacial score (nSPS) is 18.6. The Kier molecular flexibility index (Phi) is 5.23. The van der Waals surface area contributed by atoms with Crippen LogP contribution in [0.15, 0.2) is 12.1 Å². The van der Waals surface area contributed by atoms with Crippen molar-refractivity contribution in [3.8, 4) is 5.75 Å². The Morgan fingerprint density at radius 1 is 1.43 bits per heavy atom. The first-order valence-corrected chi connectivity index (χ1v) is 7.87. The summed E-state index contributed by atoms with van der Waals surface area (Å²) < 4.78 is 5.81. The van der Waals surface area contributed by atoms with Gasteiger partial charge < -0.3 is 15.2 Å². The van der Waals surface area contributed by atoms with Crippen molar-refractivity contribution in [3.63, 3.8) is 0 Å². The van der Waals surface area contributed by atoms with Gasteiger partial charge in [-0.25, -0.2) is 0 Å². The second-order valence-corrected chi connectivity index (χ2v) is 5.49. The van der Waals surface area contributed by atoms with E-state index < -0.39 is 6.10 Å². The fraction of sp³-hybridized carbons (Fsp3) is 0.588. The lowest BCUT2D eigenvalue weighted by molar-refractivity contribution is -0.121. The minimum Gasteiger partial charge on any atom is -0.493 e. The Morgan fingerprint density at radius 2 is 2.19 bits per heavy atom. The number of benzene rings is 1. The molecule has 4 heteroatoms. The Hall–Kier alpha value is -1.55. The SMILES string of the molecule is CCC(=O)NC1CCOc2c(C(O)CC)cc(CC)cc21. The Morgan fingerprint density at radius 3 is 2.81 bits per heavy atom. The van der Waals surface area contributed by atoms with Crippen molar-refractivity contribution in [1.82, 2.24) is 5.32 Å². The smallest absolute Gasteiger partial charge is 0.220 e. The van der Waals surface area contributed by atoms with Gasteiger partial charge in [0.1, 0.15) is 5.75 Å². The zero-order valence-corrected chi connectivity index (χ0v) is 13.1. The standard InChI is InChI=1S/C17H25NO3/c1-4-11-9-12-14(18-16(20)6-3)7-8-21-17(12)13(10-11)15(19)5-2/h9-10,14-15,19H,4-8H2,1-3H3,(H,18,20). The molecule has 1 heterocycles. The van der Waals surface area contributed by atoms with Crippen LogP contribution in [0.25, 0.3) is 0 Å². The number of carbonyl (C=O) groups excluding carboxylic acids is 1. The topological polar surface area (TPSA) is 58.6 Å². The van der Waals surface area contributed by atoms with Gasteiger partial charge in [-0.1, -0.05) is 26.8 Å². The molecule has 0 saturated carbocycles. The third kappa shape index (κ3) is 3.38. The first-order chi connectivity index (χ1) is 10.1. The molecule has 0 aliphatic carbocycles. The number of nitrogens with one attached hydrogen (secondary N) is 1. The van der Waals surface area contributed by atoms with Crippen LogP contribution in [0.4, 0.5) is 0 Å². The van der Waals surface area contributed by atoms with Crippen LogP contribution in [0.1, 0.15) is 68.9 Å². The van der Waals surface area contributed by atoms with Crippen molar-refractivity contribution in [2.45, 2.75) is 58.6 Å². The van der Waals surface area contributed by atoms with Gasteiger partial charge in [0.25, 0.3) is 0 Å². The maximum atomic E-state index is 11.7. The summed E-state index contributed by atoms with van der Waals surface area (Å²) in [6.07, 6.45) is 2.27. The number of aliphatic hydroxyl groups is 1. The summed E-state index contributed by atoms with van der Waals surface area (Å²) in [5.41, 5.74) is 3.02. The molecule has 4 nitrogen and oxygen atoms in total. The maximum Gasteiger partial charge on any atom is 0.220 e. The molecule has 0 spiro atoms. The predicted molar refractivity (Wildman–Crippen MR) is 82.4 cm³/mol. The van der Waals surface area contributed by atoms with E-state index >= 15 is 0 Å². The Balaban J connectivity index is 2.44. The molecular formula is C17H25NO3. The number of aryl methyl sites for hydroxylation is 1. The second kappa shape index (κ2) is 6.94. The first kappa shape index (κ1) is 15.8. The molecule has 2 N–H and O–H groups in total. The molecular weight excluding hydrogens is 266 g/mol. The van der Waals surface area contributed by atoms with Crippen LogP contribution in [0, 0.1) is 0 Å². The van der Waals surface area contributed by atoms with Gasteiger partial charge in [0, 0.05) is 24.0 Å². The lowest BCUT2D eigenvalue weighted by Gasteiger charge is -2.30. The fourth-order valence-electron chi connectivity index (χ4n) is 2.72. The number of hydrogen-bond donors (Lipinski definition) is 2. The van der Waals surface area contributed by atoms with Gasteiger partial charge in [-0.15, -0.1) is 0 Å². The maximum absolute atomic E-state index is 11.7. The van der Waals surface area contributed by atoms with Gasteiger partial charge in [0.15, 0.2) is 0 Å². The van der Waals surface area contributed by atoms with E-state index in [1.165, 1.54) is 0 Å². The van der Waals surface area contributed by atoms with Gasteiger partial charge in [0.05, 0.1) is 18.8 Å². The molecule has 21 heavy (non-hydrogen) atoms. The molecule has 0 saturated heterocycles. The zero-order chi connectivity index (χ0) is 15.4. The Labute approximate surface area is 126 Å². The van der Waals surface area contributed by atoms with E-state index in [0.29, 0.717) is 19.4 Å². The average Bonchev–Trinajstić information content (AvgIpc) is 2.53. The monoisotopic (exact) mass is 291 g/mol. The van der Waals surface area contributed by atoms with E-state index in [0.717, 1.165) is 35.3 Å². The van der Waals surface area contributed by atoms with Crippen molar-refractivity contribution in [2.24, 2.45) is 0 Å². The van der Waals surface area contributed by atoms with Gasteiger partial charge in [-0.3, -0.25) is 4.79 Å². The highest BCUT2D eigenvalue weighted by Crippen LogP contribution is 2.39. The molecule has 1 aliphatic heterocycles. The summed E-state index contributed by atoms with van der Waals surface area (Å²) in [7, 11) is 0. The van der Waals surface area contributed by atoms with E-state index in [-0.39, 0.29) is 11.9 Å². The molecule has 1 amide bonds. The number of amides is 1. The number of carbonyl (C=O) groups is 1. The molecule has 0 aromatic heterocycles. The highest BCUT2D eigenvalue weighted by Gasteiger charge is 2.27. The molecule has 1 aromatic carbocycles. The summed E-state index contributed by atoms with van der Waals surface area (Å²) in [6.45, 7) is 6.46. The van der Waals surface area contributed by atoms with Crippen molar-refractivity contribution in [1.29, 1.82) is 0 Å². The summed E-state index contributed by atoms with van der Waals surface area (Å²) in [5.74, 6) is 0.807. The van der Waals surface area contributed by atoms with Crippen LogP contribution in [-0.2, 0) is 11.2 Å². The average molecular weight is 291 g/mol. The molecule has 116 valence electrons. The Bertz CT molecular complexity index is 513. The highest BCUT2D eigenvalue weighted by molar-refractivity contribution is 5.76. The van der Waals surface area contributed by atoms with E-state index in [1.54, 1.807) is 0 Å². The van der Waals surface area contributed by atoms with Gasteiger partial charge in [0.2, 0.25) is 5.91 Å². The predicted octanol–water partition coefficient (Wildman–Crippen LogP) is 3.04. The second-order valence-electron chi connectivity index (χ2n) is 5.49. The molecule has 0 radical (unpaired) electrons. The third-order valence-corrected chi connectivity index (χ3v) is 4.04. The van der Waals surface area contributed by atoms with E-state index in [1.807, 2.05) is 19.9 Å². The van der Waals surface area contributed by atoms with Gasteiger partial charge in [-0.2, -0.15) is 0 Å². The molecule has 1 aliphatic rings. The van der Waals surface area contributed by atoms with Crippen LogP contribution in [0.2, 0.25) is 0 Å². The van der Waals surface area contributed by atoms with E-state index in [4.69, 9.17) is 4.74 Å². The highest BCUT2D eigenvalue weighted by atomic mass is 16.5. The minimum atomic E-state index is -0.522. The quantitative estimate of drug-likeness (QED) is 0.876. The largest absolute Gasteiger partial charge is 0.493 e. The van der Waals surface area contributed by atoms with Crippen molar-refractivity contribution < 1.29 is 14.6 Å². The van der Waals surface area contributed by atoms with E-state index in [2.05, 4.69) is 18.3 Å². The first-order valence-electron chi connectivity index (χ1n) is 7.87. The number of rotatable bonds is 5. The molecule has 0 fully saturated rings. The van der Waals surface area contributed by atoms with Crippen LogP contribution in [0.3, 0.4) is 0 Å². The van der Waals surface area contributed by atoms with Crippen LogP contribution >= 0.6 is 0 Å². The third-order valence-electron chi connectivity index (χ3n) is 4.04. The lowest BCUT2D eigenvalue weighted by Crippen LogP contribution is -2.32. The zero-order valence-electron chi connectivity index (χ0n) is 13.1. The number of ether oxygens (including phenoxy) is 1. The number of fused-ring (bicyclic) bond motifs is 1. The summed E-state index contributed by atoms with van der Waals surface area (Å²) in [6, 6.07) is 4.10. The molecule has 2 atom stereocenters. The van der Waals surface area contributed by atoms with Crippen LogP contribution in [-0.4, -0.2) is 17.6 Å². The summed E-state index contributed by atoms with van der Waals surface area (Å²) >= 11 is 0. The summed E-state index contributed by atoms with van der Waals surface area (Å²) in [4.78, 5) is 11.7. The molecule has 0 bridgehead atoms. The fourth-order valence-corrected chi connectivity index (χ4v) is 2.72. The van der Waals surface area contributed by atoms with Gasteiger partial charge >= 0.3 is 0 Å². The van der Waals surface area contributed by atoms with Crippen molar-refractivity contribution in [3.05, 3.63) is 28.8 Å². The molecule has 2 unspecified atom stereocenters.